The summed E-state index contributed by atoms with van der Waals surface area (Å²) in [6.07, 6.45) is 87.8. The van der Waals surface area contributed by atoms with Gasteiger partial charge in [0.1, 0.15) is 13.2 Å². The Morgan fingerprint density at radius 3 is 0.797 bits per heavy atom. The molecular weight excluding hydrogens is 973 g/mol. The number of allylic oxidation sites excluding steroid dienone is 12. The second kappa shape index (κ2) is 67.4. The number of ether oxygens (including phenoxy) is 3. The van der Waals surface area contributed by atoms with Crippen LogP contribution in [0.5, 0.6) is 0 Å². The molecule has 0 bridgehead atoms. The van der Waals surface area contributed by atoms with Gasteiger partial charge in [-0.15, -0.1) is 0 Å². The molecule has 0 aromatic heterocycles. The third-order valence-electron chi connectivity index (χ3n) is 15.2. The minimum atomic E-state index is -0.781. The largest absolute Gasteiger partial charge is 0.462 e. The van der Waals surface area contributed by atoms with Crippen LogP contribution in [0.1, 0.15) is 355 Å². The first-order valence-electron chi connectivity index (χ1n) is 34.4. The van der Waals surface area contributed by atoms with Gasteiger partial charge in [0, 0.05) is 19.3 Å². The van der Waals surface area contributed by atoms with Crippen molar-refractivity contribution in [3.05, 3.63) is 72.9 Å². The van der Waals surface area contributed by atoms with Gasteiger partial charge in [-0.1, -0.05) is 318 Å². The average Bonchev–Trinajstić information content (AvgIpc) is 3.45. The lowest BCUT2D eigenvalue weighted by Crippen LogP contribution is -2.30. The summed E-state index contributed by atoms with van der Waals surface area (Å²) < 4.78 is 17.0. The number of esters is 3. The number of hydrogen-bond acceptors (Lipinski definition) is 6. The summed E-state index contributed by atoms with van der Waals surface area (Å²) >= 11 is 0. The Morgan fingerprint density at radius 1 is 0.266 bits per heavy atom. The summed E-state index contributed by atoms with van der Waals surface area (Å²) in [5.74, 6) is -0.871. The Labute approximate surface area is 491 Å². The first kappa shape index (κ1) is 75.8. The molecule has 6 heteroatoms. The number of carbonyl (C=O) groups excluding carboxylic acids is 3. The summed E-state index contributed by atoms with van der Waals surface area (Å²) in [4.78, 5) is 38.4. The zero-order valence-electron chi connectivity index (χ0n) is 52.6. The van der Waals surface area contributed by atoms with Crippen molar-refractivity contribution in [3.8, 4) is 0 Å². The van der Waals surface area contributed by atoms with E-state index in [4.69, 9.17) is 14.2 Å². The van der Waals surface area contributed by atoms with Gasteiger partial charge < -0.3 is 14.2 Å². The molecule has 6 nitrogen and oxygen atoms in total. The van der Waals surface area contributed by atoms with E-state index in [1.54, 1.807) is 0 Å². The first-order chi connectivity index (χ1) is 39.0. The number of hydrogen-bond donors (Lipinski definition) is 0. The molecule has 458 valence electrons. The summed E-state index contributed by atoms with van der Waals surface area (Å²) in [7, 11) is 0. The third kappa shape index (κ3) is 65.5. The van der Waals surface area contributed by atoms with Crippen molar-refractivity contribution in [2.75, 3.05) is 13.2 Å². The molecule has 1 atom stereocenters. The Bertz CT molecular complexity index is 1450. The molecule has 0 radical (unpaired) electrons. The van der Waals surface area contributed by atoms with E-state index in [0.717, 1.165) is 103 Å². The molecule has 0 aromatic carbocycles. The van der Waals surface area contributed by atoms with Gasteiger partial charge in [-0.3, -0.25) is 14.4 Å². The number of carbonyl (C=O) groups is 3. The average molecular weight is 1100 g/mol. The van der Waals surface area contributed by atoms with Gasteiger partial charge in [-0.2, -0.15) is 0 Å². The molecule has 0 aliphatic heterocycles. The van der Waals surface area contributed by atoms with E-state index in [2.05, 4.69) is 93.7 Å². The normalized spacial score (nSPS) is 12.5. The minimum Gasteiger partial charge on any atom is -0.462 e. The van der Waals surface area contributed by atoms with Crippen molar-refractivity contribution in [2.45, 2.75) is 361 Å². The fraction of sp³-hybridized carbons (Fsp3) is 0.795. The summed E-state index contributed by atoms with van der Waals surface area (Å²) in [5, 5.41) is 0. The van der Waals surface area contributed by atoms with Crippen molar-refractivity contribution in [2.24, 2.45) is 0 Å². The zero-order valence-corrected chi connectivity index (χ0v) is 52.6. The number of unbranched alkanes of at least 4 members (excludes halogenated alkanes) is 40. The molecule has 79 heavy (non-hydrogen) atoms. The van der Waals surface area contributed by atoms with Gasteiger partial charge in [0.25, 0.3) is 0 Å². The van der Waals surface area contributed by atoms with Gasteiger partial charge in [-0.05, 0) is 89.9 Å². The van der Waals surface area contributed by atoms with Crippen LogP contribution < -0.4 is 0 Å². The molecule has 0 spiro atoms. The lowest BCUT2D eigenvalue weighted by molar-refractivity contribution is -0.167. The van der Waals surface area contributed by atoms with Gasteiger partial charge >= 0.3 is 17.9 Å². The monoisotopic (exact) mass is 1100 g/mol. The van der Waals surface area contributed by atoms with Crippen molar-refractivity contribution in [1.29, 1.82) is 0 Å². The predicted octanol–water partition coefficient (Wildman–Crippen LogP) is 23.7. The Morgan fingerprint density at radius 2 is 0.494 bits per heavy atom. The molecule has 0 heterocycles. The first-order valence-corrected chi connectivity index (χ1v) is 34.4. The van der Waals surface area contributed by atoms with Crippen molar-refractivity contribution >= 4 is 17.9 Å². The van der Waals surface area contributed by atoms with Crippen LogP contribution in [0.25, 0.3) is 0 Å². The molecular formula is C73H130O6. The van der Waals surface area contributed by atoms with Crippen LogP contribution in [-0.2, 0) is 28.6 Å². The fourth-order valence-corrected chi connectivity index (χ4v) is 10.1. The highest BCUT2D eigenvalue weighted by Gasteiger charge is 2.19. The minimum absolute atomic E-state index is 0.0772. The van der Waals surface area contributed by atoms with Gasteiger partial charge in [0.15, 0.2) is 6.10 Å². The molecule has 0 aromatic rings. The smallest absolute Gasteiger partial charge is 0.306 e. The summed E-state index contributed by atoms with van der Waals surface area (Å²) in [5.41, 5.74) is 0. The topological polar surface area (TPSA) is 78.9 Å². The third-order valence-corrected chi connectivity index (χ3v) is 15.2. The lowest BCUT2D eigenvalue weighted by atomic mass is 10.0. The van der Waals surface area contributed by atoms with Crippen LogP contribution in [0.15, 0.2) is 72.9 Å². The van der Waals surface area contributed by atoms with Crippen molar-refractivity contribution in [3.63, 3.8) is 0 Å². The molecule has 0 aliphatic carbocycles. The maximum atomic E-state index is 13.0. The van der Waals surface area contributed by atoms with Gasteiger partial charge in [0.2, 0.25) is 0 Å². The van der Waals surface area contributed by atoms with E-state index in [1.807, 2.05) is 0 Å². The highest BCUT2D eigenvalue weighted by Crippen LogP contribution is 2.18. The van der Waals surface area contributed by atoms with Crippen LogP contribution in [0.3, 0.4) is 0 Å². The summed E-state index contributed by atoms with van der Waals surface area (Å²) in [6, 6.07) is 0. The summed E-state index contributed by atoms with van der Waals surface area (Å²) in [6.45, 7) is 6.55. The number of rotatable bonds is 63. The highest BCUT2D eigenvalue weighted by molar-refractivity contribution is 5.71. The Kier molecular flexibility index (Phi) is 64.7. The molecule has 0 amide bonds. The molecule has 0 saturated carbocycles. The molecule has 0 saturated heterocycles. The van der Waals surface area contributed by atoms with Crippen molar-refractivity contribution < 1.29 is 28.6 Å². The standard InChI is InChI=1S/C73H130O6/c1-4-7-10-13-16-19-22-25-28-30-32-34-35-36-37-39-40-42-45-48-51-54-57-60-63-66-72(75)78-69-70(68-77-71(74)65-62-59-56-53-50-47-44-27-24-21-18-15-12-9-6-3)79-73(76)67-64-61-58-55-52-49-46-43-41-38-33-31-29-26-23-20-17-14-11-8-5-2/h7,10,16,18-19,21,25,27-28,32,34,44,70H,4-6,8-9,11-15,17,20,22-24,26,29-31,33,35-43,45-69H2,1-3H3/b10-7-,19-16-,21-18-,28-25-,34-32-,44-27-. The SMILES string of the molecule is CC/C=C\C/C=C\C/C=C\C/C=C\CCCCCCCCCCCCCCC(=O)OCC(COC(=O)CCCCCCC/C=C\C/C=C\CCCCC)OC(=O)CCCCCCCCCCCCCCCCCCCCCCC. The highest BCUT2D eigenvalue weighted by atomic mass is 16.6. The van der Waals surface area contributed by atoms with E-state index in [9.17, 15) is 14.4 Å². The van der Waals surface area contributed by atoms with E-state index in [-0.39, 0.29) is 31.1 Å². The second-order valence-electron chi connectivity index (χ2n) is 23.1. The second-order valence-corrected chi connectivity index (χ2v) is 23.1. The van der Waals surface area contributed by atoms with Crippen LogP contribution in [0.2, 0.25) is 0 Å². The van der Waals surface area contributed by atoms with Crippen LogP contribution in [0.4, 0.5) is 0 Å². The van der Waals surface area contributed by atoms with E-state index >= 15 is 0 Å². The maximum absolute atomic E-state index is 13.0. The predicted molar refractivity (Wildman–Crippen MR) is 344 cm³/mol. The van der Waals surface area contributed by atoms with E-state index in [1.165, 1.54) is 212 Å². The zero-order chi connectivity index (χ0) is 57.1. The van der Waals surface area contributed by atoms with E-state index < -0.39 is 6.10 Å². The Balaban J connectivity index is 4.31. The quantitative estimate of drug-likeness (QED) is 0.0261. The lowest BCUT2D eigenvalue weighted by Gasteiger charge is -2.18. The molecule has 0 fully saturated rings. The van der Waals surface area contributed by atoms with Crippen LogP contribution in [0, 0.1) is 0 Å². The van der Waals surface area contributed by atoms with Crippen LogP contribution in [-0.4, -0.2) is 37.2 Å². The molecule has 0 aliphatic rings. The maximum Gasteiger partial charge on any atom is 0.306 e. The molecule has 0 N–H and O–H groups in total. The van der Waals surface area contributed by atoms with Gasteiger partial charge in [0.05, 0.1) is 0 Å². The van der Waals surface area contributed by atoms with Crippen LogP contribution >= 0.6 is 0 Å². The molecule has 1 unspecified atom stereocenters. The Hall–Kier alpha value is -3.15. The van der Waals surface area contributed by atoms with Crippen molar-refractivity contribution in [1.82, 2.24) is 0 Å². The fourth-order valence-electron chi connectivity index (χ4n) is 10.1. The van der Waals surface area contributed by atoms with E-state index in [0.29, 0.717) is 19.3 Å². The van der Waals surface area contributed by atoms with Gasteiger partial charge in [-0.25, -0.2) is 0 Å². The molecule has 0 rings (SSSR count).